The van der Waals surface area contributed by atoms with E-state index in [0.717, 1.165) is 18.0 Å². The number of nitrogens with zero attached hydrogens (tertiary/aromatic N) is 1. The lowest BCUT2D eigenvalue weighted by Crippen LogP contribution is -2.32. The number of Topliss-reactive ketones (excluding diaryl/α,β-unsaturated/α-hetero) is 1. The molecule has 20 heavy (non-hydrogen) atoms. The Morgan fingerprint density at radius 1 is 1.20 bits per heavy atom. The van der Waals surface area contributed by atoms with Gasteiger partial charge in [-0.25, -0.2) is 4.40 Å². The number of carbonyl (C=O) groups is 1. The van der Waals surface area contributed by atoms with E-state index in [4.69, 9.17) is 0 Å². The minimum absolute atomic E-state index is 0.0764. The average Bonchev–Trinajstić information content (AvgIpc) is 2.57. The molecule has 0 atom stereocenters. The van der Waals surface area contributed by atoms with Crippen LogP contribution in [0.3, 0.4) is 0 Å². The van der Waals surface area contributed by atoms with E-state index < -0.39 is 11.7 Å². The number of hydrogen-bond acceptors (Lipinski definition) is 3. The topological polar surface area (TPSA) is 29.4 Å². The summed E-state index contributed by atoms with van der Waals surface area (Å²) >= 11 is 0.915. The first-order valence-electron chi connectivity index (χ1n) is 5.83. The molecule has 0 amide bonds. The van der Waals surface area contributed by atoms with Crippen molar-refractivity contribution in [2.24, 2.45) is 4.40 Å². The van der Waals surface area contributed by atoms with Crippen LogP contribution >= 0.6 is 11.9 Å². The van der Waals surface area contributed by atoms with Crippen molar-refractivity contribution in [3.63, 3.8) is 0 Å². The summed E-state index contributed by atoms with van der Waals surface area (Å²) in [6, 6.07) is 6.74. The summed E-state index contributed by atoms with van der Waals surface area (Å²) in [6.45, 7) is 0. The molecule has 0 unspecified atom stereocenters. The van der Waals surface area contributed by atoms with Gasteiger partial charge in [-0.1, -0.05) is 24.3 Å². The van der Waals surface area contributed by atoms with Crippen molar-refractivity contribution in [3.05, 3.63) is 57.5 Å². The van der Waals surface area contributed by atoms with Gasteiger partial charge in [0.1, 0.15) is 0 Å². The molecule has 0 fully saturated rings. The van der Waals surface area contributed by atoms with Crippen molar-refractivity contribution in [1.29, 1.82) is 0 Å². The first kappa shape index (κ1) is 13.2. The minimum atomic E-state index is -4.47. The molecule has 102 valence electrons. The van der Waals surface area contributed by atoms with Crippen molar-refractivity contribution >= 4 is 23.3 Å². The van der Waals surface area contributed by atoms with E-state index in [1.807, 2.05) is 0 Å². The van der Waals surface area contributed by atoms with Crippen LogP contribution in [0, 0.1) is 0 Å². The third-order valence-corrected chi connectivity index (χ3v) is 3.77. The van der Waals surface area contributed by atoms with E-state index in [2.05, 4.69) is 4.40 Å². The van der Waals surface area contributed by atoms with Crippen molar-refractivity contribution in [2.75, 3.05) is 0 Å². The van der Waals surface area contributed by atoms with Gasteiger partial charge in [-0.2, -0.15) is 13.2 Å². The normalized spacial score (nSPS) is 18.4. The molecule has 1 aromatic carbocycles. The zero-order chi connectivity index (χ0) is 14.3. The Morgan fingerprint density at radius 2 is 1.95 bits per heavy atom. The van der Waals surface area contributed by atoms with Crippen molar-refractivity contribution in [2.45, 2.75) is 12.6 Å². The molecular formula is C14H8F3NOS. The van der Waals surface area contributed by atoms with Crippen LogP contribution in [0.2, 0.25) is 0 Å². The third-order valence-electron chi connectivity index (χ3n) is 3.13. The lowest BCUT2D eigenvalue weighted by molar-refractivity contribution is -0.113. The molecule has 1 aliphatic carbocycles. The van der Waals surface area contributed by atoms with Crippen LogP contribution < -0.4 is 10.6 Å². The number of halogens is 3. The SMILES string of the molecule is O=C1CC=C(C(F)(F)F)C2=CSN=c3ccccc3=C12. The smallest absolute Gasteiger partial charge is 0.294 e. The third kappa shape index (κ3) is 2.10. The van der Waals surface area contributed by atoms with Crippen LogP contribution in [0.1, 0.15) is 6.42 Å². The van der Waals surface area contributed by atoms with Crippen molar-refractivity contribution in [3.8, 4) is 0 Å². The quantitative estimate of drug-likeness (QED) is 0.688. The van der Waals surface area contributed by atoms with Gasteiger partial charge in [-0.05, 0) is 6.07 Å². The fourth-order valence-electron chi connectivity index (χ4n) is 2.28. The number of ketones is 1. The molecule has 6 heteroatoms. The minimum Gasteiger partial charge on any atom is -0.294 e. The van der Waals surface area contributed by atoms with Gasteiger partial charge in [0, 0.05) is 40.1 Å². The van der Waals surface area contributed by atoms with Crippen LogP contribution in [-0.2, 0) is 4.79 Å². The summed E-state index contributed by atoms with van der Waals surface area (Å²) < 4.78 is 43.4. The lowest BCUT2D eigenvalue weighted by Gasteiger charge is -2.20. The predicted octanol–water partition coefficient (Wildman–Crippen LogP) is 2.46. The number of rotatable bonds is 0. The van der Waals surface area contributed by atoms with Crippen LogP contribution in [0.25, 0.3) is 5.57 Å². The second-order valence-corrected chi connectivity index (χ2v) is 4.99. The number of fused-ring (bicyclic) bond motifs is 2. The standard InChI is InChI=1S/C14H8F3NOS/c15-14(16,17)10-5-6-12(19)13-8-3-1-2-4-11(8)18-20-7-9(10)13/h1-5,7H,6H2. The Morgan fingerprint density at radius 3 is 2.70 bits per heavy atom. The number of carbonyl (C=O) groups excluding carboxylic acids is 1. The van der Waals surface area contributed by atoms with Crippen LogP contribution in [-0.4, -0.2) is 12.0 Å². The van der Waals surface area contributed by atoms with Gasteiger partial charge >= 0.3 is 6.18 Å². The molecule has 0 spiro atoms. The summed E-state index contributed by atoms with van der Waals surface area (Å²) in [5.74, 6) is -0.311. The summed E-state index contributed by atoms with van der Waals surface area (Å²) in [4.78, 5) is 12.1. The molecule has 1 aliphatic heterocycles. The van der Waals surface area contributed by atoms with Gasteiger partial charge in [0.2, 0.25) is 0 Å². The molecular weight excluding hydrogens is 287 g/mol. The van der Waals surface area contributed by atoms with Gasteiger partial charge < -0.3 is 0 Å². The highest BCUT2D eigenvalue weighted by molar-refractivity contribution is 8.00. The molecule has 0 aromatic heterocycles. The van der Waals surface area contributed by atoms with Gasteiger partial charge in [0.15, 0.2) is 5.78 Å². The molecule has 0 saturated carbocycles. The maximum absolute atomic E-state index is 13.1. The molecule has 0 bridgehead atoms. The molecule has 1 heterocycles. The fraction of sp³-hybridized carbons (Fsp3) is 0.143. The van der Waals surface area contributed by atoms with Crippen LogP contribution in [0.5, 0.6) is 0 Å². The maximum Gasteiger partial charge on any atom is 0.416 e. The number of allylic oxidation sites excluding steroid dienone is 3. The molecule has 1 aromatic rings. The van der Waals surface area contributed by atoms with Crippen LogP contribution in [0.15, 0.2) is 51.3 Å². The fourth-order valence-corrected chi connectivity index (χ4v) is 2.95. The van der Waals surface area contributed by atoms with Gasteiger partial charge in [0.05, 0.1) is 10.9 Å². The number of benzene rings is 1. The number of alkyl halides is 3. The first-order valence-corrected chi connectivity index (χ1v) is 6.67. The molecule has 0 N–H and O–H groups in total. The van der Waals surface area contributed by atoms with E-state index in [-0.39, 0.29) is 23.4 Å². The molecule has 0 radical (unpaired) electrons. The monoisotopic (exact) mass is 295 g/mol. The average molecular weight is 295 g/mol. The van der Waals surface area contributed by atoms with Gasteiger partial charge in [-0.3, -0.25) is 4.79 Å². The Balaban J connectivity index is 2.36. The lowest BCUT2D eigenvalue weighted by atomic mass is 9.86. The largest absolute Gasteiger partial charge is 0.416 e. The highest BCUT2D eigenvalue weighted by Gasteiger charge is 2.40. The summed E-state index contributed by atoms with van der Waals surface area (Å²) in [5.41, 5.74) is -0.719. The summed E-state index contributed by atoms with van der Waals surface area (Å²) in [6.07, 6.45) is -3.76. The Bertz CT molecular complexity index is 774. The predicted molar refractivity (Wildman–Crippen MR) is 70.1 cm³/mol. The second-order valence-electron chi connectivity index (χ2n) is 4.36. The second kappa shape index (κ2) is 4.63. The van der Waals surface area contributed by atoms with Crippen molar-refractivity contribution in [1.82, 2.24) is 0 Å². The van der Waals surface area contributed by atoms with Gasteiger partial charge in [0.25, 0.3) is 0 Å². The highest BCUT2D eigenvalue weighted by Crippen LogP contribution is 2.40. The van der Waals surface area contributed by atoms with E-state index in [9.17, 15) is 18.0 Å². The molecule has 2 aliphatic rings. The van der Waals surface area contributed by atoms with Gasteiger partial charge in [-0.15, -0.1) is 0 Å². The van der Waals surface area contributed by atoms with Crippen LogP contribution in [0.4, 0.5) is 13.2 Å². The Hall–Kier alpha value is -1.82. The van der Waals surface area contributed by atoms with E-state index in [1.54, 1.807) is 24.3 Å². The van der Waals surface area contributed by atoms with Crippen molar-refractivity contribution < 1.29 is 18.0 Å². The Labute approximate surface area is 116 Å². The summed E-state index contributed by atoms with van der Waals surface area (Å²) in [7, 11) is 0. The zero-order valence-corrected chi connectivity index (χ0v) is 10.9. The van der Waals surface area contributed by atoms with E-state index in [1.165, 1.54) is 5.41 Å². The molecule has 2 nitrogen and oxygen atoms in total. The zero-order valence-electron chi connectivity index (χ0n) is 10.1. The molecule has 3 rings (SSSR count). The molecule has 0 saturated heterocycles. The maximum atomic E-state index is 13.1. The highest BCUT2D eigenvalue weighted by atomic mass is 32.2. The summed E-state index contributed by atoms with van der Waals surface area (Å²) in [5, 5.41) is 2.28. The Kier molecular flexibility index (Phi) is 3.05. The number of hydrogen-bond donors (Lipinski definition) is 0. The van der Waals surface area contributed by atoms with E-state index in [0.29, 0.717) is 10.6 Å². The van der Waals surface area contributed by atoms with E-state index >= 15 is 0 Å². The first-order chi connectivity index (χ1) is 9.48.